The van der Waals surface area contributed by atoms with Gasteiger partial charge in [-0.3, -0.25) is 13.9 Å². The van der Waals surface area contributed by atoms with Gasteiger partial charge in [-0.15, -0.1) is 0 Å². The quantitative estimate of drug-likeness (QED) is 0.872. The number of alkyl carbamates (subject to hydrolysis) is 1. The zero-order valence-electron chi connectivity index (χ0n) is 14.6. The van der Waals surface area contributed by atoms with Gasteiger partial charge in [0.25, 0.3) is 5.56 Å². The third-order valence-electron chi connectivity index (χ3n) is 3.44. The lowest BCUT2D eigenvalue weighted by Crippen LogP contribution is -2.41. The minimum atomic E-state index is -0.593. The van der Waals surface area contributed by atoms with Crippen molar-refractivity contribution in [2.75, 3.05) is 6.54 Å². The number of hydrogen-bond acceptors (Lipinski definition) is 5. The Balaban J connectivity index is 2.27. The Labute approximate surface area is 138 Å². The molecule has 0 aliphatic heterocycles. The Bertz CT molecular complexity index is 869. The first kappa shape index (κ1) is 17.8. The first-order valence-electron chi connectivity index (χ1n) is 7.77. The van der Waals surface area contributed by atoms with E-state index in [2.05, 4.69) is 10.3 Å². The molecule has 0 atom stereocenters. The number of rotatable bonds is 4. The summed E-state index contributed by atoms with van der Waals surface area (Å²) in [4.78, 5) is 40.5. The van der Waals surface area contributed by atoms with Gasteiger partial charge in [-0.25, -0.2) is 14.6 Å². The Morgan fingerprint density at radius 3 is 2.58 bits per heavy atom. The Hall–Kier alpha value is -2.58. The summed E-state index contributed by atoms with van der Waals surface area (Å²) >= 11 is 0. The summed E-state index contributed by atoms with van der Waals surface area (Å²) in [5.74, 6) is 0. The molecular weight excluding hydrogens is 314 g/mol. The molecule has 0 bridgehead atoms. The molecule has 2 aromatic heterocycles. The minimum absolute atomic E-state index is 0.182. The average Bonchev–Trinajstić information content (AvgIpc) is 2.90. The maximum absolute atomic E-state index is 12.3. The van der Waals surface area contributed by atoms with Gasteiger partial charge < -0.3 is 14.6 Å². The molecule has 0 radical (unpaired) electrons. The molecule has 9 heteroatoms. The molecule has 1 amide bonds. The van der Waals surface area contributed by atoms with Crippen molar-refractivity contribution in [2.45, 2.75) is 46.4 Å². The maximum Gasteiger partial charge on any atom is 0.407 e. The number of nitrogens with zero attached hydrogens (tertiary/aromatic N) is 4. The molecule has 1 N–H and O–H groups in total. The van der Waals surface area contributed by atoms with Crippen molar-refractivity contribution in [3.05, 3.63) is 27.2 Å². The van der Waals surface area contributed by atoms with E-state index >= 15 is 0 Å². The van der Waals surface area contributed by atoms with Crippen LogP contribution in [0.4, 0.5) is 4.79 Å². The zero-order chi connectivity index (χ0) is 18.1. The molecule has 24 heavy (non-hydrogen) atoms. The highest BCUT2D eigenvalue weighted by molar-refractivity contribution is 5.70. The molecule has 0 unspecified atom stereocenters. The molecule has 0 aliphatic carbocycles. The van der Waals surface area contributed by atoms with Gasteiger partial charge in [-0.1, -0.05) is 0 Å². The molecule has 2 aromatic rings. The highest BCUT2D eigenvalue weighted by Gasteiger charge is 2.17. The Kier molecular flexibility index (Phi) is 4.81. The summed E-state index contributed by atoms with van der Waals surface area (Å²) in [7, 11) is 1.43. The third-order valence-corrected chi connectivity index (χ3v) is 3.44. The number of aromatic nitrogens is 4. The first-order valence-corrected chi connectivity index (χ1v) is 7.77. The number of ether oxygens (including phenoxy) is 1. The predicted octanol–water partition coefficient (Wildman–Crippen LogP) is 0.441. The number of carbonyl (C=O) groups excluding carboxylic acids is 1. The monoisotopic (exact) mass is 337 g/mol. The van der Waals surface area contributed by atoms with E-state index in [0.29, 0.717) is 17.7 Å². The molecule has 0 aliphatic rings. The van der Waals surface area contributed by atoms with Crippen molar-refractivity contribution in [1.82, 2.24) is 24.0 Å². The number of hydrogen-bond donors (Lipinski definition) is 1. The summed E-state index contributed by atoms with van der Waals surface area (Å²) in [6.45, 7) is 8.13. The number of amides is 1. The molecular formula is C15H23N5O4. The maximum atomic E-state index is 12.3. The summed E-state index contributed by atoms with van der Waals surface area (Å²) in [6, 6.07) is 0. The fourth-order valence-electron chi connectivity index (χ4n) is 2.33. The van der Waals surface area contributed by atoms with Crippen LogP contribution in [-0.4, -0.2) is 36.9 Å². The molecule has 2 heterocycles. The summed E-state index contributed by atoms with van der Waals surface area (Å²) in [6.07, 6.45) is 0.972. The van der Waals surface area contributed by atoms with Crippen molar-refractivity contribution in [3.63, 3.8) is 0 Å². The van der Waals surface area contributed by atoms with Crippen LogP contribution in [0.25, 0.3) is 11.2 Å². The topological polar surface area (TPSA) is 100 Å². The van der Waals surface area contributed by atoms with Gasteiger partial charge in [0.15, 0.2) is 11.2 Å². The number of nitrogens with one attached hydrogen (secondary N) is 1. The lowest BCUT2D eigenvalue weighted by Gasteiger charge is -2.19. The number of fused-ring (bicyclic) bond motifs is 1. The highest BCUT2D eigenvalue weighted by Crippen LogP contribution is 2.07. The van der Waals surface area contributed by atoms with E-state index in [1.54, 1.807) is 25.3 Å². The smallest absolute Gasteiger partial charge is 0.407 e. The second-order valence-electron chi connectivity index (χ2n) is 6.43. The Morgan fingerprint density at radius 2 is 2.00 bits per heavy atom. The summed E-state index contributed by atoms with van der Waals surface area (Å²) in [5, 5.41) is 2.59. The molecule has 9 nitrogen and oxygen atoms in total. The van der Waals surface area contributed by atoms with Crippen LogP contribution in [0.5, 0.6) is 0 Å². The van der Waals surface area contributed by atoms with Crippen molar-refractivity contribution >= 4 is 17.3 Å². The van der Waals surface area contributed by atoms with Crippen LogP contribution in [0.1, 0.15) is 27.7 Å². The van der Waals surface area contributed by atoms with Gasteiger partial charge >= 0.3 is 11.8 Å². The zero-order valence-corrected chi connectivity index (χ0v) is 14.6. The number of imidazole rings is 1. The number of aryl methyl sites for hydroxylation is 1. The second-order valence-corrected chi connectivity index (χ2v) is 6.43. The SMILES string of the molecule is CCn1cnc2c1c(=O)n(C)c(=O)n2CCNC(=O)OC(C)(C)C. The van der Waals surface area contributed by atoms with E-state index in [0.717, 1.165) is 4.57 Å². The average molecular weight is 337 g/mol. The fraction of sp³-hybridized carbons (Fsp3) is 0.600. The fourth-order valence-corrected chi connectivity index (χ4v) is 2.33. The first-order chi connectivity index (χ1) is 11.2. The van der Waals surface area contributed by atoms with Gasteiger partial charge in [-0.05, 0) is 27.7 Å². The molecule has 0 saturated heterocycles. The van der Waals surface area contributed by atoms with Gasteiger partial charge in [0.05, 0.1) is 6.33 Å². The molecule has 0 aromatic carbocycles. The van der Waals surface area contributed by atoms with Gasteiger partial charge in [-0.2, -0.15) is 0 Å². The van der Waals surface area contributed by atoms with Gasteiger partial charge in [0.2, 0.25) is 0 Å². The summed E-state index contributed by atoms with van der Waals surface area (Å²) < 4.78 is 9.26. The van der Waals surface area contributed by atoms with Gasteiger partial charge in [0, 0.05) is 26.7 Å². The van der Waals surface area contributed by atoms with E-state index in [-0.39, 0.29) is 18.6 Å². The van der Waals surface area contributed by atoms with Crippen LogP contribution < -0.4 is 16.6 Å². The molecule has 2 rings (SSSR count). The highest BCUT2D eigenvalue weighted by atomic mass is 16.6. The van der Waals surface area contributed by atoms with E-state index in [4.69, 9.17) is 4.74 Å². The number of carbonyl (C=O) groups is 1. The molecule has 0 spiro atoms. The molecule has 132 valence electrons. The van der Waals surface area contributed by atoms with E-state index in [1.807, 2.05) is 6.92 Å². The van der Waals surface area contributed by atoms with Crippen LogP contribution in [0.2, 0.25) is 0 Å². The second kappa shape index (κ2) is 6.50. The normalized spacial score (nSPS) is 11.7. The van der Waals surface area contributed by atoms with Crippen molar-refractivity contribution in [3.8, 4) is 0 Å². The van der Waals surface area contributed by atoms with Crippen LogP contribution in [0, 0.1) is 0 Å². The van der Waals surface area contributed by atoms with Crippen molar-refractivity contribution in [1.29, 1.82) is 0 Å². The van der Waals surface area contributed by atoms with Crippen LogP contribution >= 0.6 is 0 Å². The van der Waals surface area contributed by atoms with E-state index < -0.39 is 17.4 Å². The lowest BCUT2D eigenvalue weighted by atomic mass is 10.2. The minimum Gasteiger partial charge on any atom is -0.444 e. The lowest BCUT2D eigenvalue weighted by molar-refractivity contribution is 0.0526. The van der Waals surface area contributed by atoms with Crippen LogP contribution in [0.3, 0.4) is 0 Å². The van der Waals surface area contributed by atoms with Crippen LogP contribution in [-0.2, 0) is 24.9 Å². The van der Waals surface area contributed by atoms with Crippen molar-refractivity contribution < 1.29 is 9.53 Å². The van der Waals surface area contributed by atoms with E-state index in [1.165, 1.54) is 17.9 Å². The largest absolute Gasteiger partial charge is 0.444 e. The standard InChI is InChI=1S/C15H23N5O4/c1-6-19-9-17-11-10(19)12(21)18(5)14(23)20(11)8-7-16-13(22)24-15(2,3)4/h9H,6-8H2,1-5H3,(H,16,22). The van der Waals surface area contributed by atoms with Gasteiger partial charge in [0.1, 0.15) is 5.60 Å². The Morgan fingerprint density at radius 1 is 1.33 bits per heavy atom. The summed E-state index contributed by atoms with van der Waals surface area (Å²) in [5.41, 5.74) is -0.761. The van der Waals surface area contributed by atoms with E-state index in [9.17, 15) is 14.4 Å². The van der Waals surface area contributed by atoms with Crippen molar-refractivity contribution in [2.24, 2.45) is 7.05 Å². The predicted molar refractivity (Wildman–Crippen MR) is 89.1 cm³/mol. The molecule has 0 saturated carbocycles. The molecule has 0 fully saturated rings. The van der Waals surface area contributed by atoms with Crippen LogP contribution in [0.15, 0.2) is 15.9 Å². The third kappa shape index (κ3) is 3.50.